The molecule has 1 aromatic carbocycles. The Bertz CT molecular complexity index is 788. The molecule has 1 atom stereocenters. The Hall–Kier alpha value is -2.89. The molecule has 23 heavy (non-hydrogen) atoms. The second-order valence-corrected chi connectivity index (χ2v) is 5.48. The van der Waals surface area contributed by atoms with Crippen LogP contribution in [0, 0.1) is 6.92 Å². The zero-order valence-corrected chi connectivity index (χ0v) is 13.2. The van der Waals surface area contributed by atoms with E-state index >= 15 is 0 Å². The summed E-state index contributed by atoms with van der Waals surface area (Å²) in [7, 11) is 1.69. The fraction of sp³-hybridized carbons (Fsp3) is 0.235. The van der Waals surface area contributed by atoms with Crippen molar-refractivity contribution in [2.24, 2.45) is 0 Å². The van der Waals surface area contributed by atoms with E-state index < -0.39 is 6.10 Å². The number of ether oxygens (including phenoxy) is 1. The number of fused-ring (bicyclic) bond motifs is 1. The van der Waals surface area contributed by atoms with E-state index in [1.165, 1.54) is 4.90 Å². The first-order valence-corrected chi connectivity index (χ1v) is 7.28. The smallest absolute Gasteiger partial charge is 0.267 e. The topological polar surface area (TPSA) is 71.5 Å². The second-order valence-electron chi connectivity index (χ2n) is 5.48. The van der Waals surface area contributed by atoms with Gasteiger partial charge in [0.15, 0.2) is 6.10 Å². The van der Waals surface area contributed by atoms with E-state index in [2.05, 4.69) is 10.3 Å². The SMILES string of the molecule is Cc1cc(NC(=O)c2ccc3c(c2)OC(C)C(=O)N3C)ccn1. The Kier molecular flexibility index (Phi) is 3.73. The van der Waals surface area contributed by atoms with Crippen LogP contribution in [0.4, 0.5) is 11.4 Å². The molecule has 0 saturated heterocycles. The number of amides is 2. The van der Waals surface area contributed by atoms with Gasteiger partial charge in [-0.2, -0.15) is 0 Å². The zero-order valence-electron chi connectivity index (χ0n) is 13.2. The van der Waals surface area contributed by atoms with Gasteiger partial charge in [0.1, 0.15) is 5.75 Å². The molecule has 2 aromatic rings. The molecule has 6 heteroatoms. The first kappa shape index (κ1) is 15.0. The van der Waals surface area contributed by atoms with Crippen molar-refractivity contribution in [3.8, 4) is 5.75 Å². The number of carbonyl (C=O) groups is 2. The predicted molar refractivity (Wildman–Crippen MR) is 86.9 cm³/mol. The van der Waals surface area contributed by atoms with Gasteiger partial charge in [-0.15, -0.1) is 0 Å². The van der Waals surface area contributed by atoms with Crippen LogP contribution in [0.1, 0.15) is 23.0 Å². The molecule has 0 spiro atoms. The maximum atomic E-state index is 12.4. The second kappa shape index (κ2) is 5.72. The summed E-state index contributed by atoms with van der Waals surface area (Å²) in [6, 6.07) is 8.56. The van der Waals surface area contributed by atoms with E-state index in [9.17, 15) is 9.59 Å². The van der Waals surface area contributed by atoms with Crippen molar-refractivity contribution in [2.75, 3.05) is 17.3 Å². The Morgan fingerprint density at radius 2 is 2.09 bits per heavy atom. The van der Waals surface area contributed by atoms with Crippen molar-refractivity contribution in [1.82, 2.24) is 4.98 Å². The Labute approximate surface area is 134 Å². The number of hydrogen-bond acceptors (Lipinski definition) is 4. The van der Waals surface area contributed by atoms with E-state index in [0.29, 0.717) is 22.7 Å². The third-order valence-electron chi connectivity index (χ3n) is 3.72. The summed E-state index contributed by atoms with van der Waals surface area (Å²) in [5.41, 5.74) is 2.63. The summed E-state index contributed by atoms with van der Waals surface area (Å²) in [4.78, 5) is 29.9. The number of nitrogens with one attached hydrogen (secondary N) is 1. The lowest BCUT2D eigenvalue weighted by molar-refractivity contribution is -0.125. The van der Waals surface area contributed by atoms with Gasteiger partial charge in [-0.1, -0.05) is 0 Å². The van der Waals surface area contributed by atoms with Crippen molar-refractivity contribution in [3.05, 3.63) is 47.8 Å². The van der Waals surface area contributed by atoms with E-state index in [1.807, 2.05) is 6.92 Å². The van der Waals surface area contributed by atoms with Crippen molar-refractivity contribution < 1.29 is 14.3 Å². The van der Waals surface area contributed by atoms with Crippen molar-refractivity contribution in [2.45, 2.75) is 20.0 Å². The van der Waals surface area contributed by atoms with Gasteiger partial charge in [-0.3, -0.25) is 14.6 Å². The predicted octanol–water partition coefficient (Wildman–Crippen LogP) is 2.39. The van der Waals surface area contributed by atoms with Gasteiger partial charge in [0.25, 0.3) is 11.8 Å². The van der Waals surface area contributed by atoms with Crippen molar-refractivity contribution in [1.29, 1.82) is 0 Å². The summed E-state index contributed by atoms with van der Waals surface area (Å²) in [5, 5.41) is 2.82. The van der Waals surface area contributed by atoms with Crippen LogP contribution < -0.4 is 15.0 Å². The molecule has 1 N–H and O–H groups in total. The van der Waals surface area contributed by atoms with Crippen molar-refractivity contribution in [3.63, 3.8) is 0 Å². The summed E-state index contributed by atoms with van der Waals surface area (Å²) >= 11 is 0. The molecule has 0 fully saturated rings. The molecule has 1 aromatic heterocycles. The molecule has 0 saturated carbocycles. The molecule has 1 unspecified atom stereocenters. The number of pyridine rings is 1. The van der Waals surface area contributed by atoms with E-state index in [0.717, 1.165) is 5.69 Å². The molecule has 0 bridgehead atoms. The van der Waals surface area contributed by atoms with Crippen LogP contribution in [0.3, 0.4) is 0 Å². The molecule has 2 amide bonds. The molecular formula is C17H17N3O3. The van der Waals surface area contributed by atoms with Crippen LogP contribution in [0.15, 0.2) is 36.5 Å². The van der Waals surface area contributed by atoms with Gasteiger partial charge in [0, 0.05) is 30.2 Å². The third-order valence-corrected chi connectivity index (χ3v) is 3.72. The number of anilines is 2. The van der Waals surface area contributed by atoms with Crippen LogP contribution in [-0.2, 0) is 4.79 Å². The lowest BCUT2D eigenvalue weighted by Gasteiger charge is -2.30. The number of nitrogens with zero attached hydrogens (tertiary/aromatic N) is 2. The largest absolute Gasteiger partial charge is 0.479 e. The highest BCUT2D eigenvalue weighted by atomic mass is 16.5. The number of rotatable bonds is 2. The van der Waals surface area contributed by atoms with Gasteiger partial charge in [0.05, 0.1) is 5.69 Å². The number of aromatic nitrogens is 1. The van der Waals surface area contributed by atoms with Crippen LogP contribution in [0.5, 0.6) is 5.75 Å². The molecule has 0 radical (unpaired) electrons. The Morgan fingerprint density at radius 3 is 2.83 bits per heavy atom. The highest BCUT2D eigenvalue weighted by Gasteiger charge is 2.29. The first-order chi connectivity index (χ1) is 11.0. The van der Waals surface area contributed by atoms with Gasteiger partial charge in [-0.25, -0.2) is 0 Å². The maximum Gasteiger partial charge on any atom is 0.267 e. The summed E-state index contributed by atoms with van der Waals surface area (Å²) in [6.45, 7) is 3.55. The summed E-state index contributed by atoms with van der Waals surface area (Å²) in [5.74, 6) is 0.175. The van der Waals surface area contributed by atoms with E-state index in [4.69, 9.17) is 4.74 Å². The molecule has 0 aliphatic carbocycles. The highest BCUT2D eigenvalue weighted by Crippen LogP contribution is 2.34. The van der Waals surface area contributed by atoms with Crippen LogP contribution in [-0.4, -0.2) is 29.9 Å². The fourth-order valence-corrected chi connectivity index (χ4v) is 2.49. The average molecular weight is 311 g/mol. The normalized spacial score (nSPS) is 16.6. The summed E-state index contributed by atoms with van der Waals surface area (Å²) in [6.07, 6.45) is 1.08. The number of aryl methyl sites for hydroxylation is 1. The van der Waals surface area contributed by atoms with Gasteiger partial charge in [0.2, 0.25) is 0 Å². The Morgan fingerprint density at radius 1 is 1.30 bits per heavy atom. The number of carbonyl (C=O) groups excluding carboxylic acids is 2. The Balaban J connectivity index is 1.86. The molecule has 1 aliphatic heterocycles. The number of hydrogen-bond donors (Lipinski definition) is 1. The molecule has 3 rings (SSSR count). The lowest BCUT2D eigenvalue weighted by Crippen LogP contribution is -2.42. The van der Waals surface area contributed by atoms with E-state index in [-0.39, 0.29) is 11.8 Å². The standard InChI is InChI=1S/C17H17N3O3/c1-10-8-13(6-7-18-10)19-16(21)12-4-5-14-15(9-12)23-11(2)17(22)20(14)3/h4-9,11H,1-3H3,(H,18,19,21). The van der Waals surface area contributed by atoms with Gasteiger partial charge in [-0.05, 0) is 44.2 Å². The number of likely N-dealkylation sites (N-methyl/N-ethyl adjacent to an activating group) is 1. The van der Waals surface area contributed by atoms with Gasteiger partial charge < -0.3 is 15.0 Å². The van der Waals surface area contributed by atoms with Crippen LogP contribution >= 0.6 is 0 Å². The molecule has 118 valence electrons. The molecule has 2 heterocycles. The highest BCUT2D eigenvalue weighted by molar-refractivity contribution is 6.06. The van der Waals surface area contributed by atoms with E-state index in [1.54, 1.807) is 50.5 Å². The fourth-order valence-electron chi connectivity index (χ4n) is 2.49. The molecule has 6 nitrogen and oxygen atoms in total. The lowest BCUT2D eigenvalue weighted by atomic mass is 10.1. The van der Waals surface area contributed by atoms with Gasteiger partial charge >= 0.3 is 0 Å². The van der Waals surface area contributed by atoms with Crippen LogP contribution in [0.2, 0.25) is 0 Å². The minimum absolute atomic E-state index is 0.109. The molecular weight excluding hydrogens is 294 g/mol. The average Bonchev–Trinajstić information content (AvgIpc) is 2.52. The zero-order chi connectivity index (χ0) is 16.6. The van der Waals surface area contributed by atoms with Crippen molar-refractivity contribution >= 4 is 23.2 Å². The monoisotopic (exact) mass is 311 g/mol. The number of benzene rings is 1. The summed E-state index contributed by atoms with van der Waals surface area (Å²) < 4.78 is 5.59. The maximum absolute atomic E-state index is 12.4. The minimum Gasteiger partial charge on any atom is -0.479 e. The first-order valence-electron chi connectivity index (χ1n) is 7.28. The third kappa shape index (κ3) is 2.88. The minimum atomic E-state index is -0.561. The van der Waals surface area contributed by atoms with Crippen LogP contribution in [0.25, 0.3) is 0 Å². The molecule has 1 aliphatic rings. The quantitative estimate of drug-likeness (QED) is 0.924.